The lowest BCUT2D eigenvalue weighted by atomic mass is 9.94. The highest BCUT2D eigenvalue weighted by atomic mass is 16.5. The van der Waals surface area contributed by atoms with E-state index >= 15 is 0 Å². The van der Waals surface area contributed by atoms with Gasteiger partial charge in [-0.05, 0) is 31.5 Å². The van der Waals surface area contributed by atoms with Crippen LogP contribution >= 0.6 is 0 Å². The van der Waals surface area contributed by atoms with Crippen LogP contribution < -0.4 is 14.8 Å². The first kappa shape index (κ1) is 13.9. The van der Waals surface area contributed by atoms with Crippen LogP contribution in [0.25, 0.3) is 0 Å². The molecular weight excluding hydrogens is 264 g/mol. The van der Waals surface area contributed by atoms with Crippen molar-refractivity contribution in [1.29, 1.82) is 0 Å². The molecule has 1 aliphatic rings. The van der Waals surface area contributed by atoms with Crippen LogP contribution in [0.5, 0.6) is 11.6 Å². The van der Waals surface area contributed by atoms with Gasteiger partial charge in [-0.2, -0.15) is 0 Å². The van der Waals surface area contributed by atoms with Gasteiger partial charge in [-0.3, -0.25) is 0 Å². The van der Waals surface area contributed by atoms with Gasteiger partial charge in [-0.1, -0.05) is 24.3 Å². The molecule has 2 heterocycles. The highest BCUT2D eigenvalue weighted by molar-refractivity contribution is 5.49. The molecule has 1 N–H and O–H groups in total. The lowest BCUT2D eigenvalue weighted by Crippen LogP contribution is -2.21. The summed E-state index contributed by atoms with van der Waals surface area (Å²) in [4.78, 5) is 4.30. The average Bonchev–Trinajstić information content (AvgIpc) is 2.56. The van der Waals surface area contributed by atoms with Crippen LogP contribution in [0.1, 0.15) is 29.2 Å². The Bertz CT molecular complexity index is 628. The van der Waals surface area contributed by atoms with Crippen LogP contribution in [0.4, 0.5) is 0 Å². The molecule has 0 bridgehead atoms. The maximum atomic E-state index is 5.93. The molecule has 0 saturated heterocycles. The molecule has 3 rings (SSSR count). The molecule has 0 amide bonds. The van der Waals surface area contributed by atoms with Crippen molar-refractivity contribution in [1.82, 2.24) is 10.3 Å². The molecule has 1 atom stereocenters. The van der Waals surface area contributed by atoms with E-state index in [1.165, 1.54) is 5.56 Å². The van der Waals surface area contributed by atoms with Gasteiger partial charge in [0.05, 0.1) is 19.8 Å². The largest absolute Gasteiger partial charge is 0.493 e. The van der Waals surface area contributed by atoms with Crippen molar-refractivity contribution >= 4 is 0 Å². The molecule has 4 heteroatoms. The molecule has 0 saturated carbocycles. The van der Waals surface area contributed by atoms with E-state index in [0.717, 1.165) is 36.3 Å². The first-order valence-electron chi connectivity index (χ1n) is 7.26. The van der Waals surface area contributed by atoms with E-state index in [-0.39, 0.29) is 6.04 Å². The first-order chi connectivity index (χ1) is 10.3. The van der Waals surface area contributed by atoms with Crippen molar-refractivity contribution in [3.63, 3.8) is 0 Å². The number of para-hydroxylation sites is 1. The summed E-state index contributed by atoms with van der Waals surface area (Å²) in [5.74, 6) is 1.65. The van der Waals surface area contributed by atoms with Crippen molar-refractivity contribution in [2.24, 2.45) is 0 Å². The van der Waals surface area contributed by atoms with Gasteiger partial charge in [0.15, 0.2) is 0 Å². The molecule has 0 aliphatic carbocycles. The Morgan fingerprint density at radius 3 is 2.90 bits per heavy atom. The number of aryl methyl sites for hydroxylation is 1. The SMILES string of the molecule is CNC(c1cccnc1OC)c1cccc2c1OCCC2. The average molecular weight is 284 g/mol. The van der Waals surface area contributed by atoms with Crippen LogP contribution in [0.3, 0.4) is 0 Å². The predicted octanol–water partition coefficient (Wildman–Crippen LogP) is 2.72. The smallest absolute Gasteiger partial charge is 0.218 e. The van der Waals surface area contributed by atoms with E-state index in [9.17, 15) is 0 Å². The molecule has 21 heavy (non-hydrogen) atoms. The van der Waals surface area contributed by atoms with E-state index in [4.69, 9.17) is 9.47 Å². The molecule has 1 aliphatic heterocycles. The summed E-state index contributed by atoms with van der Waals surface area (Å²) in [6.07, 6.45) is 3.90. The number of aromatic nitrogens is 1. The van der Waals surface area contributed by atoms with Gasteiger partial charge >= 0.3 is 0 Å². The second-order valence-corrected chi connectivity index (χ2v) is 5.11. The second-order valence-electron chi connectivity index (χ2n) is 5.11. The highest BCUT2D eigenvalue weighted by Crippen LogP contribution is 2.37. The Hall–Kier alpha value is -2.07. The molecule has 4 nitrogen and oxygen atoms in total. The Morgan fingerprint density at radius 2 is 2.10 bits per heavy atom. The lowest BCUT2D eigenvalue weighted by molar-refractivity contribution is 0.283. The van der Waals surface area contributed by atoms with Crippen molar-refractivity contribution in [2.45, 2.75) is 18.9 Å². The fourth-order valence-corrected chi connectivity index (χ4v) is 2.91. The maximum Gasteiger partial charge on any atom is 0.218 e. The Labute approximate surface area is 125 Å². The molecule has 0 radical (unpaired) electrons. The fourth-order valence-electron chi connectivity index (χ4n) is 2.91. The number of hydrogen-bond donors (Lipinski definition) is 1. The first-order valence-corrected chi connectivity index (χ1v) is 7.26. The quantitative estimate of drug-likeness (QED) is 0.937. The number of ether oxygens (including phenoxy) is 2. The van der Waals surface area contributed by atoms with E-state index in [2.05, 4.69) is 28.5 Å². The molecule has 2 aromatic rings. The number of methoxy groups -OCH3 is 1. The number of fused-ring (bicyclic) bond motifs is 1. The van der Waals surface area contributed by atoms with E-state index in [1.54, 1.807) is 13.3 Å². The third kappa shape index (κ3) is 2.59. The molecule has 1 aromatic carbocycles. The number of nitrogens with one attached hydrogen (secondary N) is 1. The predicted molar refractivity (Wildman–Crippen MR) is 81.9 cm³/mol. The van der Waals surface area contributed by atoms with E-state index < -0.39 is 0 Å². The zero-order chi connectivity index (χ0) is 14.7. The van der Waals surface area contributed by atoms with E-state index in [1.807, 2.05) is 19.2 Å². The molecule has 1 aromatic heterocycles. The minimum absolute atomic E-state index is 0.00157. The summed E-state index contributed by atoms with van der Waals surface area (Å²) in [6, 6.07) is 10.3. The second kappa shape index (κ2) is 6.14. The maximum absolute atomic E-state index is 5.93. The van der Waals surface area contributed by atoms with Crippen LogP contribution in [-0.4, -0.2) is 25.7 Å². The van der Waals surface area contributed by atoms with Gasteiger partial charge in [-0.15, -0.1) is 0 Å². The summed E-state index contributed by atoms with van der Waals surface area (Å²) in [7, 11) is 3.59. The third-order valence-corrected chi connectivity index (χ3v) is 3.87. The van der Waals surface area contributed by atoms with Crippen molar-refractivity contribution in [3.05, 3.63) is 53.2 Å². The number of nitrogens with zero attached hydrogens (tertiary/aromatic N) is 1. The van der Waals surface area contributed by atoms with Crippen molar-refractivity contribution < 1.29 is 9.47 Å². The zero-order valence-corrected chi connectivity index (χ0v) is 12.4. The monoisotopic (exact) mass is 284 g/mol. The summed E-state index contributed by atoms with van der Waals surface area (Å²) in [6.45, 7) is 0.782. The van der Waals surface area contributed by atoms with Gasteiger partial charge in [-0.25, -0.2) is 4.98 Å². The Balaban J connectivity index is 2.08. The summed E-state index contributed by atoms with van der Waals surface area (Å²) in [5.41, 5.74) is 3.44. The number of hydrogen-bond acceptors (Lipinski definition) is 4. The summed E-state index contributed by atoms with van der Waals surface area (Å²) in [5, 5.41) is 3.36. The minimum atomic E-state index is 0.00157. The topological polar surface area (TPSA) is 43.4 Å². The molecule has 0 spiro atoms. The lowest BCUT2D eigenvalue weighted by Gasteiger charge is -2.25. The van der Waals surface area contributed by atoms with Crippen molar-refractivity contribution in [2.75, 3.05) is 20.8 Å². The third-order valence-electron chi connectivity index (χ3n) is 3.87. The number of pyridine rings is 1. The molecule has 110 valence electrons. The standard InChI is InChI=1S/C17H20N2O2/c1-18-15(14-9-4-10-19-17(14)20-2)13-8-3-6-12-7-5-11-21-16(12)13/h3-4,6,8-10,15,18H,5,7,11H2,1-2H3. The Kier molecular flexibility index (Phi) is 4.06. The normalized spacial score (nSPS) is 15.0. The van der Waals surface area contributed by atoms with Crippen LogP contribution in [0.2, 0.25) is 0 Å². The fraction of sp³-hybridized carbons (Fsp3) is 0.353. The number of rotatable bonds is 4. The van der Waals surface area contributed by atoms with Gasteiger partial charge in [0, 0.05) is 17.3 Å². The molecule has 1 unspecified atom stereocenters. The van der Waals surface area contributed by atoms with Gasteiger partial charge < -0.3 is 14.8 Å². The van der Waals surface area contributed by atoms with Crippen LogP contribution in [0, 0.1) is 0 Å². The van der Waals surface area contributed by atoms with Gasteiger partial charge in [0.25, 0.3) is 0 Å². The van der Waals surface area contributed by atoms with Gasteiger partial charge in [0.1, 0.15) is 5.75 Å². The summed E-state index contributed by atoms with van der Waals surface area (Å²) < 4.78 is 11.3. The van der Waals surface area contributed by atoms with Crippen LogP contribution in [-0.2, 0) is 6.42 Å². The van der Waals surface area contributed by atoms with Crippen LogP contribution in [0.15, 0.2) is 36.5 Å². The van der Waals surface area contributed by atoms with Gasteiger partial charge in [0.2, 0.25) is 5.88 Å². The summed E-state index contributed by atoms with van der Waals surface area (Å²) >= 11 is 0. The minimum Gasteiger partial charge on any atom is -0.493 e. The van der Waals surface area contributed by atoms with E-state index in [0.29, 0.717) is 5.88 Å². The zero-order valence-electron chi connectivity index (χ0n) is 12.4. The molecular formula is C17H20N2O2. The van der Waals surface area contributed by atoms with Crippen molar-refractivity contribution in [3.8, 4) is 11.6 Å². The Morgan fingerprint density at radius 1 is 1.24 bits per heavy atom. The number of benzene rings is 1. The molecule has 0 fully saturated rings. The highest BCUT2D eigenvalue weighted by Gasteiger charge is 2.23.